The van der Waals surface area contributed by atoms with Crippen molar-refractivity contribution in [3.63, 3.8) is 0 Å². The van der Waals surface area contributed by atoms with Crippen LogP contribution in [0, 0.1) is 29.8 Å². The fraction of sp³-hybridized carbons (Fsp3) is 0.286. The predicted octanol–water partition coefficient (Wildman–Crippen LogP) is 7.77. The Kier molecular flexibility index (Phi) is 10.0. The molecule has 0 spiro atoms. The van der Waals surface area contributed by atoms with Gasteiger partial charge in [-0.25, -0.2) is 0 Å². The number of halogens is 2. The van der Waals surface area contributed by atoms with Crippen LogP contribution in [0.15, 0.2) is 60.7 Å². The quantitative estimate of drug-likeness (QED) is 0.167. The molecular formula is C28H26I2N2. The van der Waals surface area contributed by atoms with Crippen LogP contribution in [0.2, 0.25) is 0 Å². The van der Waals surface area contributed by atoms with Crippen molar-refractivity contribution < 1.29 is 0 Å². The summed E-state index contributed by atoms with van der Waals surface area (Å²) in [5.74, 6) is 0. The Morgan fingerprint density at radius 1 is 0.531 bits per heavy atom. The summed E-state index contributed by atoms with van der Waals surface area (Å²) in [6, 6.07) is 25.1. The molecule has 0 fully saturated rings. The number of hydrogen-bond acceptors (Lipinski definition) is 2. The van der Waals surface area contributed by atoms with Gasteiger partial charge in [-0.3, -0.25) is 0 Å². The van der Waals surface area contributed by atoms with E-state index in [1.54, 1.807) is 0 Å². The van der Waals surface area contributed by atoms with E-state index in [4.69, 9.17) is 0 Å². The molecule has 0 aliphatic carbocycles. The minimum absolute atomic E-state index is 0.803. The molecule has 32 heavy (non-hydrogen) atoms. The predicted molar refractivity (Wildman–Crippen MR) is 147 cm³/mol. The molecule has 0 aliphatic rings. The lowest BCUT2D eigenvalue weighted by Crippen LogP contribution is -1.99. The van der Waals surface area contributed by atoms with E-state index in [2.05, 4.69) is 81.6 Å². The Morgan fingerprint density at radius 2 is 0.875 bits per heavy atom. The number of unbranched alkanes of at least 4 members (excludes halogenated alkanes) is 2. The van der Waals surface area contributed by atoms with Gasteiger partial charge in [0, 0.05) is 7.14 Å². The van der Waals surface area contributed by atoms with Crippen LogP contribution in [0.4, 0.5) is 0 Å². The Bertz CT molecular complexity index is 1050. The van der Waals surface area contributed by atoms with Gasteiger partial charge >= 0.3 is 0 Å². The maximum atomic E-state index is 9.24. The molecular weight excluding hydrogens is 618 g/mol. The third-order valence-corrected chi connectivity index (χ3v) is 7.78. The van der Waals surface area contributed by atoms with Crippen molar-refractivity contribution in [2.24, 2.45) is 0 Å². The number of rotatable bonds is 10. The molecule has 0 heterocycles. The Labute approximate surface area is 219 Å². The lowest BCUT2D eigenvalue weighted by atomic mass is 9.98. The van der Waals surface area contributed by atoms with E-state index in [1.807, 2.05) is 36.4 Å². The maximum absolute atomic E-state index is 9.24. The first-order valence-electron chi connectivity index (χ1n) is 11.0. The van der Waals surface area contributed by atoms with Crippen LogP contribution >= 0.6 is 45.2 Å². The average molecular weight is 644 g/mol. The van der Waals surface area contributed by atoms with Crippen LogP contribution < -0.4 is 0 Å². The maximum Gasteiger partial charge on any atom is 0.0994 e. The number of benzene rings is 3. The fourth-order valence-electron chi connectivity index (χ4n) is 3.97. The molecule has 0 radical (unpaired) electrons. The van der Waals surface area contributed by atoms with Gasteiger partial charge in [-0.05, 0) is 143 Å². The van der Waals surface area contributed by atoms with Gasteiger partial charge in [0.25, 0.3) is 0 Å². The molecule has 0 atom stereocenters. The number of nitrogens with zero attached hydrogens (tertiary/aromatic N) is 2. The SMILES string of the molecule is N#Cc1ccccc1CCCCc1cc(I)c(CCCCc2ccccc2C#N)cc1I. The summed E-state index contributed by atoms with van der Waals surface area (Å²) in [6.45, 7) is 0. The zero-order valence-electron chi connectivity index (χ0n) is 18.1. The standard InChI is InChI=1S/C28H26I2N2/c29-27-18-24(14-6-2-10-22-12-4-8-16-26(22)20-32)28(30)17-23(27)13-5-1-9-21-11-3-7-15-25(21)19-31/h3-4,7-8,11-12,15-18H,1-2,5-6,9-10,13-14H2. The summed E-state index contributed by atoms with van der Waals surface area (Å²) in [5, 5.41) is 18.5. The van der Waals surface area contributed by atoms with Gasteiger partial charge in [-0.1, -0.05) is 36.4 Å². The first kappa shape index (κ1) is 24.7. The van der Waals surface area contributed by atoms with Crippen LogP contribution in [0.5, 0.6) is 0 Å². The molecule has 0 aromatic heterocycles. The van der Waals surface area contributed by atoms with Gasteiger partial charge < -0.3 is 0 Å². The number of nitriles is 2. The lowest BCUT2D eigenvalue weighted by Gasteiger charge is -2.11. The largest absolute Gasteiger partial charge is 0.192 e. The smallest absolute Gasteiger partial charge is 0.0994 e. The van der Waals surface area contributed by atoms with E-state index < -0.39 is 0 Å². The Balaban J connectivity index is 1.48. The molecule has 0 saturated heterocycles. The summed E-state index contributed by atoms with van der Waals surface area (Å²) in [7, 11) is 0. The molecule has 0 unspecified atom stereocenters. The molecule has 0 amide bonds. The normalized spacial score (nSPS) is 10.5. The molecule has 0 saturated carbocycles. The fourth-order valence-corrected chi connectivity index (χ4v) is 5.57. The minimum Gasteiger partial charge on any atom is -0.192 e. The summed E-state index contributed by atoms with van der Waals surface area (Å²) >= 11 is 4.95. The van der Waals surface area contributed by atoms with E-state index in [1.165, 1.54) is 18.3 Å². The lowest BCUT2D eigenvalue weighted by molar-refractivity contribution is 0.724. The second-order valence-corrected chi connectivity index (χ2v) is 10.3. The second kappa shape index (κ2) is 13.0. The van der Waals surface area contributed by atoms with Gasteiger partial charge in [-0.2, -0.15) is 10.5 Å². The van der Waals surface area contributed by atoms with Crippen molar-refractivity contribution in [2.45, 2.75) is 51.4 Å². The highest BCUT2D eigenvalue weighted by Gasteiger charge is 2.08. The van der Waals surface area contributed by atoms with Crippen LogP contribution in [0.1, 0.15) is 59.1 Å². The van der Waals surface area contributed by atoms with Crippen molar-refractivity contribution in [1.29, 1.82) is 10.5 Å². The first-order valence-corrected chi connectivity index (χ1v) is 13.2. The summed E-state index contributed by atoms with van der Waals surface area (Å²) in [5.41, 5.74) is 6.78. The molecule has 0 N–H and O–H groups in total. The molecule has 3 rings (SSSR count). The van der Waals surface area contributed by atoms with Crippen molar-refractivity contribution in [3.05, 3.63) is 101 Å². The number of aryl methyl sites for hydroxylation is 4. The first-order chi connectivity index (χ1) is 15.6. The Hall–Kier alpha value is -1.90. The van der Waals surface area contributed by atoms with E-state index in [0.717, 1.165) is 73.6 Å². The zero-order valence-corrected chi connectivity index (χ0v) is 22.4. The summed E-state index contributed by atoms with van der Waals surface area (Å²) in [6.07, 6.45) is 8.53. The van der Waals surface area contributed by atoms with Gasteiger partial charge in [-0.15, -0.1) is 0 Å². The van der Waals surface area contributed by atoms with E-state index in [-0.39, 0.29) is 0 Å². The van der Waals surface area contributed by atoms with Gasteiger partial charge in [0.15, 0.2) is 0 Å². The molecule has 162 valence electrons. The van der Waals surface area contributed by atoms with Gasteiger partial charge in [0.05, 0.1) is 23.3 Å². The van der Waals surface area contributed by atoms with E-state index in [0.29, 0.717) is 0 Å². The monoisotopic (exact) mass is 644 g/mol. The highest BCUT2D eigenvalue weighted by molar-refractivity contribution is 14.1. The van der Waals surface area contributed by atoms with Gasteiger partial charge in [0.1, 0.15) is 0 Å². The summed E-state index contributed by atoms with van der Waals surface area (Å²) in [4.78, 5) is 0. The van der Waals surface area contributed by atoms with Crippen LogP contribution in [0.3, 0.4) is 0 Å². The van der Waals surface area contributed by atoms with E-state index in [9.17, 15) is 10.5 Å². The zero-order chi connectivity index (χ0) is 22.8. The molecule has 3 aromatic rings. The third-order valence-electron chi connectivity index (χ3n) is 5.78. The molecule has 3 aromatic carbocycles. The number of hydrogen-bond donors (Lipinski definition) is 0. The third kappa shape index (κ3) is 7.05. The van der Waals surface area contributed by atoms with Crippen LogP contribution in [-0.4, -0.2) is 0 Å². The van der Waals surface area contributed by atoms with Crippen molar-refractivity contribution in [1.82, 2.24) is 0 Å². The highest BCUT2D eigenvalue weighted by atomic mass is 127. The average Bonchev–Trinajstić information content (AvgIpc) is 2.82. The molecule has 4 heteroatoms. The molecule has 0 aliphatic heterocycles. The van der Waals surface area contributed by atoms with Crippen molar-refractivity contribution in [3.8, 4) is 12.1 Å². The van der Waals surface area contributed by atoms with Crippen LogP contribution in [-0.2, 0) is 25.7 Å². The summed E-state index contributed by atoms with van der Waals surface area (Å²) < 4.78 is 2.70. The van der Waals surface area contributed by atoms with E-state index >= 15 is 0 Å². The topological polar surface area (TPSA) is 47.6 Å². The molecule has 0 bridgehead atoms. The second-order valence-electron chi connectivity index (χ2n) is 7.99. The van der Waals surface area contributed by atoms with Crippen LogP contribution in [0.25, 0.3) is 0 Å². The molecule has 2 nitrogen and oxygen atoms in total. The highest BCUT2D eigenvalue weighted by Crippen LogP contribution is 2.24. The van der Waals surface area contributed by atoms with Gasteiger partial charge in [0.2, 0.25) is 0 Å². The minimum atomic E-state index is 0.803. The van der Waals surface area contributed by atoms with Crippen molar-refractivity contribution in [2.75, 3.05) is 0 Å². The van der Waals surface area contributed by atoms with Crippen molar-refractivity contribution >= 4 is 45.2 Å². The Morgan fingerprint density at radius 3 is 1.25 bits per heavy atom.